The first kappa shape index (κ1) is 15.1. The topological polar surface area (TPSA) is 71.5 Å². The van der Waals surface area contributed by atoms with Gasteiger partial charge in [-0.15, -0.1) is 0 Å². The van der Waals surface area contributed by atoms with Crippen LogP contribution >= 0.6 is 0 Å². The van der Waals surface area contributed by atoms with E-state index in [9.17, 15) is 0 Å². The minimum absolute atomic E-state index is 0.501. The lowest BCUT2D eigenvalue weighted by atomic mass is 10.4. The minimum Gasteiger partial charge on any atom is -0.382 e. The first-order valence-corrected chi connectivity index (χ1v) is 6.15. The van der Waals surface area contributed by atoms with Crippen molar-refractivity contribution in [2.24, 2.45) is 5.73 Å². The molecule has 0 aliphatic carbocycles. The molecule has 0 aromatic carbocycles. The van der Waals surface area contributed by atoms with Crippen LogP contribution in [0.4, 0.5) is 0 Å². The second-order valence-electron chi connectivity index (χ2n) is 3.87. The Balaban J connectivity index is 2.08. The normalized spacial score (nSPS) is 11.1. The minimum atomic E-state index is 0.501. The molecule has 6 nitrogen and oxygen atoms in total. The number of hydrogen-bond acceptors (Lipinski definition) is 5. The van der Waals surface area contributed by atoms with E-state index in [4.69, 9.17) is 19.9 Å². The predicted octanol–water partition coefficient (Wildman–Crippen LogP) is 0.330. The monoisotopic (exact) mass is 257 g/mol. The molecule has 1 rings (SSSR count). The number of methoxy groups -OCH3 is 1. The van der Waals surface area contributed by atoms with E-state index >= 15 is 0 Å². The van der Waals surface area contributed by atoms with E-state index in [-0.39, 0.29) is 0 Å². The smallest absolute Gasteiger partial charge is 0.105 e. The molecule has 0 saturated heterocycles. The van der Waals surface area contributed by atoms with Gasteiger partial charge in [-0.25, -0.2) is 4.98 Å². The highest BCUT2D eigenvalue weighted by Crippen LogP contribution is 2.03. The van der Waals surface area contributed by atoms with E-state index in [2.05, 4.69) is 9.55 Å². The van der Waals surface area contributed by atoms with Gasteiger partial charge in [-0.05, 0) is 6.92 Å². The Bertz CT molecular complexity index is 328. The third-order valence-electron chi connectivity index (χ3n) is 2.61. The second kappa shape index (κ2) is 9.04. The van der Waals surface area contributed by atoms with Gasteiger partial charge in [0.2, 0.25) is 0 Å². The maximum atomic E-state index is 5.63. The Kier molecular flexibility index (Phi) is 7.59. The van der Waals surface area contributed by atoms with Gasteiger partial charge in [-0.2, -0.15) is 0 Å². The van der Waals surface area contributed by atoms with E-state index in [0.29, 0.717) is 39.6 Å². The Morgan fingerprint density at radius 3 is 2.50 bits per heavy atom. The summed E-state index contributed by atoms with van der Waals surface area (Å²) in [6.45, 7) is 6.29. The highest BCUT2D eigenvalue weighted by atomic mass is 16.5. The summed E-state index contributed by atoms with van der Waals surface area (Å²) in [5, 5.41) is 0. The number of rotatable bonds is 10. The standard InChI is InChI=1S/C12H23N3O3/c1-11-14-10-12(9-13)15(11)3-4-17-7-8-18-6-5-16-2/h10H,3-9,13H2,1-2H3. The molecule has 1 heterocycles. The zero-order valence-electron chi connectivity index (χ0n) is 11.2. The summed E-state index contributed by atoms with van der Waals surface area (Å²) < 4.78 is 17.7. The quantitative estimate of drug-likeness (QED) is 0.612. The fourth-order valence-electron chi connectivity index (χ4n) is 1.60. The molecule has 0 unspecified atom stereocenters. The van der Waals surface area contributed by atoms with Crippen LogP contribution in [0.3, 0.4) is 0 Å². The summed E-state index contributed by atoms with van der Waals surface area (Å²) in [5.41, 5.74) is 6.66. The molecule has 1 aromatic rings. The molecular formula is C12H23N3O3. The lowest BCUT2D eigenvalue weighted by molar-refractivity contribution is 0.0228. The van der Waals surface area contributed by atoms with E-state index < -0.39 is 0 Å². The molecule has 0 fully saturated rings. The van der Waals surface area contributed by atoms with Crippen molar-refractivity contribution >= 4 is 0 Å². The van der Waals surface area contributed by atoms with Crippen molar-refractivity contribution in [1.29, 1.82) is 0 Å². The Morgan fingerprint density at radius 1 is 1.17 bits per heavy atom. The molecule has 2 N–H and O–H groups in total. The molecule has 0 radical (unpaired) electrons. The summed E-state index contributed by atoms with van der Waals surface area (Å²) in [6.07, 6.45) is 1.81. The van der Waals surface area contributed by atoms with Crippen LogP contribution in [0, 0.1) is 6.92 Å². The van der Waals surface area contributed by atoms with Crippen LogP contribution in [-0.4, -0.2) is 49.7 Å². The second-order valence-corrected chi connectivity index (χ2v) is 3.87. The van der Waals surface area contributed by atoms with E-state index in [0.717, 1.165) is 18.1 Å². The molecule has 0 spiro atoms. The molecule has 0 atom stereocenters. The first-order valence-electron chi connectivity index (χ1n) is 6.15. The average molecular weight is 257 g/mol. The first-order chi connectivity index (χ1) is 8.79. The average Bonchev–Trinajstić information content (AvgIpc) is 2.73. The predicted molar refractivity (Wildman–Crippen MR) is 68.4 cm³/mol. The van der Waals surface area contributed by atoms with E-state index in [1.54, 1.807) is 7.11 Å². The van der Waals surface area contributed by atoms with Crippen LogP contribution in [0.5, 0.6) is 0 Å². The van der Waals surface area contributed by atoms with Gasteiger partial charge in [-0.3, -0.25) is 0 Å². The fraction of sp³-hybridized carbons (Fsp3) is 0.750. The molecule has 0 saturated carbocycles. The third kappa shape index (κ3) is 5.14. The van der Waals surface area contributed by atoms with Crippen LogP contribution in [0.1, 0.15) is 11.5 Å². The van der Waals surface area contributed by atoms with Crippen LogP contribution < -0.4 is 5.73 Å². The van der Waals surface area contributed by atoms with Crippen molar-refractivity contribution in [3.05, 3.63) is 17.7 Å². The van der Waals surface area contributed by atoms with Gasteiger partial charge < -0.3 is 24.5 Å². The third-order valence-corrected chi connectivity index (χ3v) is 2.61. The largest absolute Gasteiger partial charge is 0.382 e. The highest BCUT2D eigenvalue weighted by molar-refractivity contribution is 5.03. The van der Waals surface area contributed by atoms with Crippen molar-refractivity contribution < 1.29 is 14.2 Å². The zero-order valence-corrected chi connectivity index (χ0v) is 11.2. The van der Waals surface area contributed by atoms with Gasteiger partial charge in [0.1, 0.15) is 5.82 Å². The molecular weight excluding hydrogens is 234 g/mol. The van der Waals surface area contributed by atoms with Crippen molar-refractivity contribution in [3.63, 3.8) is 0 Å². The fourth-order valence-corrected chi connectivity index (χ4v) is 1.60. The number of nitrogens with two attached hydrogens (primary N) is 1. The molecule has 0 amide bonds. The van der Waals surface area contributed by atoms with Gasteiger partial charge in [-0.1, -0.05) is 0 Å². The van der Waals surface area contributed by atoms with Crippen LogP contribution in [0.15, 0.2) is 6.20 Å². The van der Waals surface area contributed by atoms with Gasteiger partial charge >= 0.3 is 0 Å². The molecule has 0 aliphatic heterocycles. The van der Waals surface area contributed by atoms with Crippen molar-refractivity contribution in [1.82, 2.24) is 9.55 Å². The maximum Gasteiger partial charge on any atom is 0.105 e. The van der Waals surface area contributed by atoms with Crippen LogP contribution in [0.25, 0.3) is 0 Å². The molecule has 1 aromatic heterocycles. The Hall–Kier alpha value is -0.950. The van der Waals surface area contributed by atoms with Gasteiger partial charge in [0.05, 0.1) is 38.7 Å². The number of nitrogens with zero attached hydrogens (tertiary/aromatic N) is 2. The van der Waals surface area contributed by atoms with Crippen LogP contribution in [0.2, 0.25) is 0 Å². The van der Waals surface area contributed by atoms with Crippen molar-refractivity contribution in [2.45, 2.75) is 20.0 Å². The highest BCUT2D eigenvalue weighted by Gasteiger charge is 2.04. The maximum absolute atomic E-state index is 5.63. The Labute approximate surface area is 108 Å². The molecule has 104 valence electrons. The SMILES string of the molecule is COCCOCCOCCn1c(CN)cnc1C. The van der Waals surface area contributed by atoms with Crippen molar-refractivity contribution in [3.8, 4) is 0 Å². The molecule has 0 bridgehead atoms. The van der Waals surface area contributed by atoms with Gasteiger partial charge in [0.15, 0.2) is 0 Å². The van der Waals surface area contributed by atoms with Gasteiger partial charge in [0, 0.05) is 26.4 Å². The summed E-state index contributed by atoms with van der Waals surface area (Å²) in [5.74, 6) is 0.968. The molecule has 0 aliphatic rings. The Morgan fingerprint density at radius 2 is 1.83 bits per heavy atom. The number of aryl methyl sites for hydroxylation is 1. The summed E-state index contributed by atoms with van der Waals surface area (Å²) >= 11 is 0. The lowest BCUT2D eigenvalue weighted by Crippen LogP contribution is -2.15. The number of imidazole rings is 1. The number of hydrogen-bond donors (Lipinski definition) is 1. The molecule has 18 heavy (non-hydrogen) atoms. The van der Waals surface area contributed by atoms with E-state index in [1.165, 1.54) is 0 Å². The van der Waals surface area contributed by atoms with E-state index in [1.807, 2.05) is 13.1 Å². The molecule has 6 heteroatoms. The van der Waals surface area contributed by atoms with Crippen LogP contribution in [-0.2, 0) is 27.3 Å². The summed E-state index contributed by atoms with van der Waals surface area (Å²) in [6, 6.07) is 0. The number of ether oxygens (including phenoxy) is 3. The zero-order chi connectivity index (χ0) is 13.2. The summed E-state index contributed by atoms with van der Waals surface area (Å²) in [7, 11) is 1.66. The van der Waals surface area contributed by atoms with Gasteiger partial charge in [0.25, 0.3) is 0 Å². The lowest BCUT2D eigenvalue weighted by Gasteiger charge is -2.10. The summed E-state index contributed by atoms with van der Waals surface area (Å²) in [4.78, 5) is 4.23. The van der Waals surface area contributed by atoms with Crippen molar-refractivity contribution in [2.75, 3.05) is 40.1 Å². The number of aromatic nitrogens is 2.